The zero-order valence-electron chi connectivity index (χ0n) is 10.7. The van der Waals surface area contributed by atoms with Crippen molar-refractivity contribution in [2.24, 2.45) is 0 Å². The van der Waals surface area contributed by atoms with E-state index < -0.39 is 0 Å². The van der Waals surface area contributed by atoms with E-state index >= 15 is 0 Å². The highest BCUT2D eigenvalue weighted by Crippen LogP contribution is 2.32. The van der Waals surface area contributed by atoms with Crippen molar-refractivity contribution in [3.63, 3.8) is 0 Å². The second-order valence-electron chi connectivity index (χ2n) is 4.91. The number of carbonyl (C=O) groups is 1. The van der Waals surface area contributed by atoms with Gasteiger partial charge in [-0.05, 0) is 37.8 Å². The lowest BCUT2D eigenvalue weighted by Gasteiger charge is -2.28. The summed E-state index contributed by atoms with van der Waals surface area (Å²) in [5.74, 6) is 0.809. The van der Waals surface area contributed by atoms with Crippen molar-refractivity contribution in [1.82, 2.24) is 10.3 Å². The normalized spacial score (nSPS) is 23.6. The minimum Gasteiger partial charge on any atom is -0.506 e. The van der Waals surface area contributed by atoms with E-state index in [1.165, 1.54) is 6.20 Å². The monoisotopic (exact) mass is 248 g/mol. The van der Waals surface area contributed by atoms with Gasteiger partial charge >= 0.3 is 0 Å². The first-order valence-corrected chi connectivity index (χ1v) is 6.63. The number of carbonyl (C=O) groups excluding carboxylic acids is 1. The van der Waals surface area contributed by atoms with E-state index in [-0.39, 0.29) is 11.7 Å². The topological polar surface area (TPSA) is 62.2 Å². The highest BCUT2D eigenvalue weighted by molar-refractivity contribution is 5.75. The molecule has 0 spiro atoms. The van der Waals surface area contributed by atoms with Crippen molar-refractivity contribution >= 4 is 5.91 Å². The molecule has 1 aliphatic rings. The van der Waals surface area contributed by atoms with Gasteiger partial charge in [0.15, 0.2) is 0 Å². The van der Waals surface area contributed by atoms with Gasteiger partial charge in [-0.25, -0.2) is 0 Å². The van der Waals surface area contributed by atoms with Gasteiger partial charge in [0.05, 0.1) is 6.20 Å². The number of aromatic hydroxyl groups is 1. The molecule has 1 heterocycles. The molecule has 0 bridgehead atoms. The van der Waals surface area contributed by atoms with E-state index in [1.807, 2.05) is 13.0 Å². The maximum absolute atomic E-state index is 11.3. The Bertz CT molecular complexity index is 395. The largest absolute Gasteiger partial charge is 0.506 e. The predicted molar refractivity (Wildman–Crippen MR) is 69.3 cm³/mol. The van der Waals surface area contributed by atoms with Crippen molar-refractivity contribution in [3.8, 4) is 5.75 Å². The van der Waals surface area contributed by atoms with Gasteiger partial charge in [0, 0.05) is 24.1 Å². The highest BCUT2D eigenvalue weighted by Gasteiger charge is 2.23. The number of aromatic nitrogens is 1. The third kappa shape index (κ3) is 3.22. The molecule has 0 unspecified atom stereocenters. The number of hydrogen-bond acceptors (Lipinski definition) is 3. The van der Waals surface area contributed by atoms with Crippen LogP contribution in [0.15, 0.2) is 18.3 Å². The second-order valence-corrected chi connectivity index (χ2v) is 4.91. The lowest BCUT2D eigenvalue weighted by molar-refractivity contribution is -0.121. The average molecular weight is 248 g/mol. The summed E-state index contributed by atoms with van der Waals surface area (Å²) in [6.07, 6.45) is 6.18. The van der Waals surface area contributed by atoms with Gasteiger partial charge in [-0.15, -0.1) is 0 Å². The Morgan fingerprint density at radius 2 is 2.11 bits per heavy atom. The minimum atomic E-state index is 0.140. The molecule has 2 N–H and O–H groups in total. The van der Waals surface area contributed by atoms with Crippen LogP contribution in [-0.4, -0.2) is 22.0 Å². The lowest BCUT2D eigenvalue weighted by atomic mass is 9.84. The van der Waals surface area contributed by atoms with Gasteiger partial charge in [-0.3, -0.25) is 9.78 Å². The first-order chi connectivity index (χ1) is 8.69. The predicted octanol–water partition coefficient (Wildman–Crippen LogP) is 2.34. The summed E-state index contributed by atoms with van der Waals surface area (Å²) in [5.41, 5.74) is 1.05. The maximum Gasteiger partial charge on any atom is 0.219 e. The van der Waals surface area contributed by atoms with Crippen molar-refractivity contribution in [1.29, 1.82) is 0 Å². The van der Waals surface area contributed by atoms with Crippen LogP contribution in [0.4, 0.5) is 0 Å². The van der Waals surface area contributed by atoms with Crippen LogP contribution in [0.25, 0.3) is 0 Å². The molecule has 0 radical (unpaired) electrons. The van der Waals surface area contributed by atoms with E-state index in [0.29, 0.717) is 18.4 Å². The molecule has 0 aromatic carbocycles. The number of pyridine rings is 1. The van der Waals surface area contributed by atoms with Crippen LogP contribution >= 0.6 is 0 Å². The van der Waals surface area contributed by atoms with Crippen LogP contribution < -0.4 is 5.32 Å². The molecular formula is C14H20N2O2. The highest BCUT2D eigenvalue weighted by atomic mass is 16.3. The zero-order chi connectivity index (χ0) is 13.0. The summed E-state index contributed by atoms with van der Waals surface area (Å²) in [5, 5.41) is 12.3. The molecule has 1 saturated carbocycles. The Kier molecular flexibility index (Phi) is 4.18. The van der Waals surface area contributed by atoms with Gasteiger partial charge in [0.25, 0.3) is 0 Å². The fraction of sp³-hybridized carbons (Fsp3) is 0.571. The van der Waals surface area contributed by atoms with Gasteiger partial charge < -0.3 is 10.4 Å². The molecule has 0 atom stereocenters. The minimum absolute atomic E-state index is 0.140. The molecule has 4 nitrogen and oxygen atoms in total. The molecule has 1 aromatic heterocycles. The number of amides is 1. The summed E-state index contributed by atoms with van der Waals surface area (Å²) >= 11 is 0. The first kappa shape index (κ1) is 12.9. The maximum atomic E-state index is 11.3. The summed E-state index contributed by atoms with van der Waals surface area (Å²) < 4.78 is 0. The van der Waals surface area contributed by atoms with Crippen LogP contribution in [-0.2, 0) is 4.79 Å². The quantitative estimate of drug-likeness (QED) is 0.863. The Hall–Kier alpha value is -1.58. The molecule has 4 heteroatoms. The molecule has 2 rings (SSSR count). The summed E-state index contributed by atoms with van der Waals surface area (Å²) in [7, 11) is 0. The third-order valence-electron chi connectivity index (χ3n) is 3.60. The van der Waals surface area contributed by atoms with Crippen LogP contribution in [0, 0.1) is 0 Å². The smallest absolute Gasteiger partial charge is 0.219 e. The van der Waals surface area contributed by atoms with Crippen molar-refractivity contribution in [2.75, 3.05) is 0 Å². The van der Waals surface area contributed by atoms with Crippen molar-refractivity contribution in [2.45, 2.75) is 51.0 Å². The number of rotatable bonds is 3. The lowest BCUT2D eigenvalue weighted by Crippen LogP contribution is -2.36. The molecule has 1 fully saturated rings. The van der Waals surface area contributed by atoms with E-state index in [9.17, 15) is 9.90 Å². The molecule has 98 valence electrons. The fourth-order valence-electron chi connectivity index (χ4n) is 2.50. The molecule has 1 aromatic rings. The zero-order valence-corrected chi connectivity index (χ0v) is 10.7. The second kappa shape index (κ2) is 5.85. The van der Waals surface area contributed by atoms with E-state index in [0.717, 1.165) is 31.4 Å². The van der Waals surface area contributed by atoms with Gasteiger partial charge in [0.2, 0.25) is 5.91 Å². The van der Waals surface area contributed by atoms with Crippen LogP contribution in [0.2, 0.25) is 0 Å². The molecule has 0 saturated heterocycles. The summed E-state index contributed by atoms with van der Waals surface area (Å²) in [6, 6.07) is 3.91. The standard InChI is InChI=1S/C14H20N2O2/c1-2-14(18)16-11-5-3-10(4-6-11)13-8-7-12(17)9-15-13/h7-11,17H,2-6H2,1H3,(H,16,18)/t10-,11-. The van der Waals surface area contributed by atoms with Crippen LogP contribution in [0.3, 0.4) is 0 Å². The van der Waals surface area contributed by atoms with E-state index in [1.54, 1.807) is 6.07 Å². The Morgan fingerprint density at radius 1 is 1.39 bits per heavy atom. The summed E-state index contributed by atoms with van der Waals surface area (Å²) in [6.45, 7) is 1.88. The molecule has 0 aliphatic heterocycles. The Balaban J connectivity index is 1.86. The molecule has 1 aliphatic carbocycles. The molecule has 18 heavy (non-hydrogen) atoms. The van der Waals surface area contributed by atoms with Gasteiger partial charge in [-0.1, -0.05) is 6.92 Å². The molecular weight excluding hydrogens is 228 g/mol. The Labute approximate surface area is 107 Å². The van der Waals surface area contributed by atoms with E-state index in [4.69, 9.17) is 0 Å². The fourth-order valence-corrected chi connectivity index (χ4v) is 2.50. The average Bonchev–Trinajstić information content (AvgIpc) is 2.40. The van der Waals surface area contributed by atoms with Gasteiger partial charge in [0.1, 0.15) is 5.75 Å². The molecule has 1 amide bonds. The summed E-state index contributed by atoms with van der Waals surface area (Å²) in [4.78, 5) is 15.6. The van der Waals surface area contributed by atoms with Crippen molar-refractivity contribution < 1.29 is 9.90 Å². The Morgan fingerprint density at radius 3 is 2.67 bits per heavy atom. The number of nitrogens with one attached hydrogen (secondary N) is 1. The third-order valence-corrected chi connectivity index (χ3v) is 3.60. The number of nitrogens with zero attached hydrogens (tertiary/aromatic N) is 1. The van der Waals surface area contributed by atoms with E-state index in [2.05, 4.69) is 10.3 Å². The SMILES string of the molecule is CCC(=O)N[C@H]1CC[C@H](c2ccc(O)cn2)CC1. The first-order valence-electron chi connectivity index (χ1n) is 6.63. The van der Waals surface area contributed by atoms with Crippen LogP contribution in [0.5, 0.6) is 5.75 Å². The number of hydrogen-bond donors (Lipinski definition) is 2. The van der Waals surface area contributed by atoms with Crippen LogP contribution in [0.1, 0.15) is 50.6 Å². The van der Waals surface area contributed by atoms with Crippen molar-refractivity contribution in [3.05, 3.63) is 24.0 Å². The van der Waals surface area contributed by atoms with Gasteiger partial charge in [-0.2, -0.15) is 0 Å².